The first-order chi connectivity index (χ1) is 7.08. The van der Waals surface area contributed by atoms with Gasteiger partial charge in [0.2, 0.25) is 0 Å². The highest BCUT2D eigenvalue weighted by atomic mass is 32.2. The Morgan fingerprint density at radius 3 is 2.73 bits per heavy atom. The van der Waals surface area contributed by atoms with Crippen molar-refractivity contribution < 1.29 is 8.42 Å². The summed E-state index contributed by atoms with van der Waals surface area (Å²) >= 11 is 0. The van der Waals surface area contributed by atoms with Crippen LogP contribution >= 0.6 is 0 Å². The smallest absolute Gasteiger partial charge is 0.259 e. The van der Waals surface area contributed by atoms with Crippen molar-refractivity contribution in [3.05, 3.63) is 6.20 Å². The summed E-state index contributed by atoms with van der Waals surface area (Å²) in [6.07, 6.45) is 1.22. The highest BCUT2D eigenvalue weighted by Crippen LogP contribution is 2.02. The molecule has 0 unspecified atom stereocenters. The van der Waals surface area contributed by atoms with Crippen LogP contribution in [0.3, 0.4) is 0 Å². The van der Waals surface area contributed by atoms with Gasteiger partial charge in [0.15, 0.2) is 5.03 Å². The maximum Gasteiger partial charge on any atom is 0.259 e. The standard InChI is InChI=1S/C7H15N5O2S/c1-3-8-4-5-10-15(13,14)7-6-9-11-12(7)2/h6,8,10H,3-5H2,1-2H3. The number of rotatable bonds is 6. The predicted octanol–water partition coefficient (Wildman–Crippen LogP) is -1.30. The lowest BCUT2D eigenvalue weighted by atomic mass is 10.6. The second-order valence-electron chi connectivity index (χ2n) is 2.95. The van der Waals surface area contributed by atoms with Crippen molar-refractivity contribution in [2.45, 2.75) is 11.9 Å². The molecule has 0 fully saturated rings. The fourth-order valence-electron chi connectivity index (χ4n) is 1.05. The maximum atomic E-state index is 11.6. The molecule has 1 aromatic rings. The number of aromatic nitrogens is 3. The lowest BCUT2D eigenvalue weighted by molar-refractivity contribution is 0.558. The van der Waals surface area contributed by atoms with E-state index < -0.39 is 10.0 Å². The van der Waals surface area contributed by atoms with Crippen molar-refractivity contribution in [3.8, 4) is 0 Å². The van der Waals surface area contributed by atoms with E-state index in [0.29, 0.717) is 13.1 Å². The number of likely N-dealkylation sites (N-methyl/N-ethyl adjacent to an activating group) is 1. The predicted molar refractivity (Wildman–Crippen MR) is 54.7 cm³/mol. The van der Waals surface area contributed by atoms with Crippen molar-refractivity contribution in [3.63, 3.8) is 0 Å². The van der Waals surface area contributed by atoms with Crippen LogP contribution in [-0.4, -0.2) is 43.0 Å². The first-order valence-corrected chi connectivity index (χ1v) is 6.11. The molecule has 0 radical (unpaired) electrons. The number of nitrogens with zero attached hydrogens (tertiary/aromatic N) is 3. The normalized spacial score (nSPS) is 11.9. The Morgan fingerprint density at radius 1 is 1.47 bits per heavy atom. The third kappa shape index (κ3) is 3.26. The van der Waals surface area contributed by atoms with Gasteiger partial charge >= 0.3 is 0 Å². The Kier molecular flexibility index (Phi) is 4.18. The molecule has 0 aromatic carbocycles. The third-order valence-corrected chi connectivity index (χ3v) is 3.30. The maximum absolute atomic E-state index is 11.6. The molecule has 86 valence electrons. The van der Waals surface area contributed by atoms with Crippen molar-refractivity contribution in [2.75, 3.05) is 19.6 Å². The van der Waals surface area contributed by atoms with Crippen LogP contribution in [0.15, 0.2) is 11.2 Å². The van der Waals surface area contributed by atoms with Crippen LogP contribution in [0, 0.1) is 0 Å². The lowest BCUT2D eigenvalue weighted by Crippen LogP contribution is -2.32. The van der Waals surface area contributed by atoms with E-state index in [4.69, 9.17) is 0 Å². The van der Waals surface area contributed by atoms with Crippen LogP contribution < -0.4 is 10.0 Å². The van der Waals surface area contributed by atoms with Gasteiger partial charge < -0.3 is 5.32 Å². The second kappa shape index (κ2) is 5.19. The highest BCUT2D eigenvalue weighted by molar-refractivity contribution is 7.89. The molecule has 0 spiro atoms. The largest absolute Gasteiger partial charge is 0.316 e. The van der Waals surface area contributed by atoms with Crippen LogP contribution in [0.1, 0.15) is 6.92 Å². The monoisotopic (exact) mass is 233 g/mol. The highest BCUT2D eigenvalue weighted by Gasteiger charge is 2.17. The van der Waals surface area contributed by atoms with Crippen molar-refractivity contribution in [2.24, 2.45) is 7.05 Å². The topological polar surface area (TPSA) is 88.9 Å². The Morgan fingerprint density at radius 2 is 2.20 bits per heavy atom. The van der Waals surface area contributed by atoms with E-state index in [0.717, 1.165) is 6.54 Å². The Bertz CT molecular complexity index is 399. The van der Waals surface area contributed by atoms with E-state index in [2.05, 4.69) is 20.4 Å². The van der Waals surface area contributed by atoms with Crippen LogP contribution in [-0.2, 0) is 17.1 Å². The molecule has 2 N–H and O–H groups in total. The minimum absolute atomic E-state index is 0.0685. The van der Waals surface area contributed by atoms with E-state index in [-0.39, 0.29) is 5.03 Å². The number of hydrogen-bond acceptors (Lipinski definition) is 5. The van der Waals surface area contributed by atoms with Crippen LogP contribution in [0.25, 0.3) is 0 Å². The number of hydrogen-bond donors (Lipinski definition) is 2. The summed E-state index contributed by atoms with van der Waals surface area (Å²) in [4.78, 5) is 0. The zero-order valence-electron chi connectivity index (χ0n) is 8.77. The van der Waals surface area contributed by atoms with E-state index in [9.17, 15) is 8.42 Å². The molecule has 0 saturated heterocycles. The summed E-state index contributed by atoms with van der Waals surface area (Å²) in [5.41, 5.74) is 0. The van der Waals surface area contributed by atoms with Gasteiger partial charge in [-0.15, -0.1) is 5.10 Å². The molecular weight excluding hydrogens is 218 g/mol. The molecule has 15 heavy (non-hydrogen) atoms. The molecule has 0 atom stereocenters. The van der Waals surface area contributed by atoms with Gasteiger partial charge in [0.25, 0.3) is 10.0 Å². The Hall–Kier alpha value is -0.990. The third-order valence-electron chi connectivity index (χ3n) is 1.79. The van der Waals surface area contributed by atoms with E-state index in [1.54, 1.807) is 0 Å². The zero-order valence-corrected chi connectivity index (χ0v) is 9.58. The molecule has 1 aromatic heterocycles. The van der Waals surface area contributed by atoms with Crippen molar-refractivity contribution >= 4 is 10.0 Å². The Labute approximate surface area is 88.9 Å². The minimum atomic E-state index is -3.48. The lowest BCUT2D eigenvalue weighted by Gasteiger charge is -2.05. The van der Waals surface area contributed by atoms with Crippen molar-refractivity contribution in [1.82, 2.24) is 25.0 Å². The van der Waals surface area contributed by atoms with Gasteiger partial charge in [0, 0.05) is 20.1 Å². The van der Waals surface area contributed by atoms with Gasteiger partial charge in [0.1, 0.15) is 0 Å². The summed E-state index contributed by atoms with van der Waals surface area (Å²) in [7, 11) is -1.95. The number of sulfonamides is 1. The van der Waals surface area contributed by atoms with Gasteiger partial charge in [-0.3, -0.25) is 0 Å². The van der Waals surface area contributed by atoms with Gasteiger partial charge in [0.05, 0.1) is 6.20 Å². The average Bonchev–Trinajstić information content (AvgIpc) is 2.60. The average molecular weight is 233 g/mol. The SMILES string of the molecule is CCNCCNS(=O)(=O)c1cnnn1C. The fraction of sp³-hybridized carbons (Fsp3) is 0.714. The van der Waals surface area contributed by atoms with Gasteiger partial charge in [-0.2, -0.15) is 0 Å². The molecule has 0 amide bonds. The van der Waals surface area contributed by atoms with E-state index in [1.807, 2.05) is 6.92 Å². The molecule has 0 saturated carbocycles. The molecule has 8 heteroatoms. The van der Waals surface area contributed by atoms with Crippen LogP contribution in [0.5, 0.6) is 0 Å². The van der Waals surface area contributed by atoms with Crippen LogP contribution in [0.2, 0.25) is 0 Å². The molecular formula is C7H15N5O2S. The molecule has 0 aliphatic rings. The summed E-state index contributed by atoms with van der Waals surface area (Å²) in [5.74, 6) is 0. The van der Waals surface area contributed by atoms with Gasteiger partial charge in [-0.1, -0.05) is 12.1 Å². The zero-order chi connectivity index (χ0) is 11.3. The summed E-state index contributed by atoms with van der Waals surface area (Å²) in [5, 5.41) is 10.2. The van der Waals surface area contributed by atoms with Gasteiger partial charge in [-0.05, 0) is 6.54 Å². The summed E-state index contributed by atoms with van der Waals surface area (Å²) in [6.45, 7) is 3.72. The first kappa shape index (κ1) is 12.1. The summed E-state index contributed by atoms with van der Waals surface area (Å²) < 4.78 is 26.9. The molecule has 1 rings (SSSR count). The van der Waals surface area contributed by atoms with Gasteiger partial charge in [-0.25, -0.2) is 17.8 Å². The van der Waals surface area contributed by atoms with Crippen LogP contribution in [0.4, 0.5) is 0 Å². The van der Waals surface area contributed by atoms with E-state index >= 15 is 0 Å². The Balaban J connectivity index is 2.57. The second-order valence-corrected chi connectivity index (χ2v) is 4.66. The van der Waals surface area contributed by atoms with E-state index in [1.165, 1.54) is 17.9 Å². The molecule has 7 nitrogen and oxygen atoms in total. The fourth-order valence-corrected chi connectivity index (χ4v) is 2.14. The molecule has 0 aliphatic carbocycles. The number of nitrogens with one attached hydrogen (secondary N) is 2. The minimum Gasteiger partial charge on any atom is -0.316 e. The first-order valence-electron chi connectivity index (χ1n) is 4.63. The molecule has 1 heterocycles. The molecule has 0 aliphatic heterocycles. The van der Waals surface area contributed by atoms with Crippen molar-refractivity contribution in [1.29, 1.82) is 0 Å². The quantitative estimate of drug-likeness (QED) is 0.596. The number of aryl methyl sites for hydroxylation is 1. The molecule has 0 bridgehead atoms. The summed E-state index contributed by atoms with van der Waals surface area (Å²) in [6, 6.07) is 0.